The van der Waals surface area contributed by atoms with E-state index in [1.807, 2.05) is 0 Å². The van der Waals surface area contributed by atoms with Gasteiger partial charge in [0.05, 0.1) is 20.1 Å². The highest BCUT2D eigenvalue weighted by Gasteiger charge is 2.26. The molecule has 1 rings (SSSR count). The van der Waals surface area contributed by atoms with Crippen LogP contribution in [0.3, 0.4) is 0 Å². The van der Waals surface area contributed by atoms with Crippen LogP contribution in [-0.4, -0.2) is 31.8 Å². The van der Waals surface area contributed by atoms with Crippen molar-refractivity contribution in [2.24, 2.45) is 5.73 Å². The Morgan fingerprint density at radius 2 is 2.00 bits per heavy atom. The number of carboxylic acids is 1. The Morgan fingerprint density at radius 1 is 1.44 bits per heavy atom. The zero-order valence-electron chi connectivity index (χ0n) is 10.5. The molecule has 0 amide bonds. The number of methoxy groups -OCH3 is 2. The molecule has 0 fully saturated rings. The Labute approximate surface area is 110 Å². The van der Waals surface area contributed by atoms with Crippen LogP contribution in [0, 0.1) is 6.92 Å². The van der Waals surface area contributed by atoms with E-state index < -0.39 is 11.9 Å². The van der Waals surface area contributed by atoms with Crippen LogP contribution in [0.2, 0.25) is 5.02 Å². The first-order chi connectivity index (χ1) is 8.47. The summed E-state index contributed by atoms with van der Waals surface area (Å²) in [4.78, 5) is 11.2. The quantitative estimate of drug-likeness (QED) is 0.855. The minimum Gasteiger partial charge on any atom is -0.493 e. The van der Waals surface area contributed by atoms with E-state index in [9.17, 15) is 4.79 Å². The third kappa shape index (κ3) is 2.52. The molecule has 0 aliphatic carbocycles. The number of carbonyl (C=O) groups is 1. The van der Waals surface area contributed by atoms with Gasteiger partial charge in [0.2, 0.25) is 0 Å². The van der Waals surface area contributed by atoms with E-state index in [4.69, 9.17) is 31.9 Å². The smallest absolute Gasteiger partial charge is 0.312 e. The molecule has 1 aromatic carbocycles. The highest BCUT2D eigenvalue weighted by Crippen LogP contribution is 2.41. The predicted octanol–water partition coefficient (Wildman–Crippen LogP) is 1.79. The van der Waals surface area contributed by atoms with Crippen molar-refractivity contribution in [3.63, 3.8) is 0 Å². The number of ether oxygens (including phenoxy) is 2. The first-order valence-electron chi connectivity index (χ1n) is 5.31. The molecule has 3 N–H and O–H groups in total. The van der Waals surface area contributed by atoms with Crippen molar-refractivity contribution in [3.8, 4) is 11.5 Å². The van der Waals surface area contributed by atoms with Crippen LogP contribution >= 0.6 is 11.6 Å². The van der Waals surface area contributed by atoms with Crippen molar-refractivity contribution >= 4 is 17.6 Å². The molecule has 5 nitrogen and oxygen atoms in total. The first-order valence-corrected chi connectivity index (χ1v) is 5.69. The van der Waals surface area contributed by atoms with Crippen molar-refractivity contribution in [1.29, 1.82) is 0 Å². The minimum atomic E-state index is -1.03. The summed E-state index contributed by atoms with van der Waals surface area (Å²) >= 11 is 6.06. The standard InChI is InChI=1S/C12H16ClNO4/c1-6-9(13)4-7(8(5-14)12(15)16)11(18-3)10(6)17-2/h4,8H,5,14H2,1-3H3,(H,15,16). The van der Waals surface area contributed by atoms with Crippen LogP contribution in [0.1, 0.15) is 17.0 Å². The monoisotopic (exact) mass is 273 g/mol. The minimum absolute atomic E-state index is 0.0474. The highest BCUT2D eigenvalue weighted by atomic mass is 35.5. The normalized spacial score (nSPS) is 12.1. The number of carboxylic acid groups (broad SMARTS) is 1. The van der Waals surface area contributed by atoms with Gasteiger partial charge in [0, 0.05) is 22.7 Å². The number of hydrogen-bond donors (Lipinski definition) is 2. The van der Waals surface area contributed by atoms with Crippen LogP contribution in [0.25, 0.3) is 0 Å². The zero-order chi connectivity index (χ0) is 13.9. The van der Waals surface area contributed by atoms with Crippen molar-refractivity contribution < 1.29 is 19.4 Å². The molecular weight excluding hydrogens is 258 g/mol. The van der Waals surface area contributed by atoms with E-state index >= 15 is 0 Å². The van der Waals surface area contributed by atoms with Gasteiger partial charge in [-0.2, -0.15) is 0 Å². The van der Waals surface area contributed by atoms with Gasteiger partial charge in [-0.3, -0.25) is 4.79 Å². The van der Waals surface area contributed by atoms with Gasteiger partial charge >= 0.3 is 5.97 Å². The molecule has 1 aromatic rings. The molecule has 100 valence electrons. The summed E-state index contributed by atoms with van der Waals surface area (Å²) < 4.78 is 10.5. The van der Waals surface area contributed by atoms with Crippen LogP contribution in [0.5, 0.6) is 11.5 Å². The maximum absolute atomic E-state index is 11.2. The molecule has 0 aliphatic heterocycles. The van der Waals surface area contributed by atoms with Crippen molar-refractivity contribution in [3.05, 3.63) is 22.2 Å². The largest absolute Gasteiger partial charge is 0.493 e. The second-order valence-corrected chi connectivity index (χ2v) is 4.17. The van der Waals surface area contributed by atoms with Gasteiger partial charge in [-0.15, -0.1) is 0 Å². The van der Waals surface area contributed by atoms with Crippen molar-refractivity contribution in [2.75, 3.05) is 20.8 Å². The molecule has 1 atom stereocenters. The maximum atomic E-state index is 11.2. The Morgan fingerprint density at radius 3 is 2.39 bits per heavy atom. The molecule has 0 aliphatic rings. The Hall–Kier alpha value is -1.46. The molecular formula is C12H16ClNO4. The molecule has 18 heavy (non-hydrogen) atoms. The lowest BCUT2D eigenvalue weighted by Crippen LogP contribution is -2.22. The van der Waals surface area contributed by atoms with E-state index in [-0.39, 0.29) is 6.54 Å². The summed E-state index contributed by atoms with van der Waals surface area (Å²) in [6.45, 7) is 1.72. The fourth-order valence-corrected chi connectivity index (χ4v) is 2.00. The van der Waals surface area contributed by atoms with Gasteiger partial charge in [-0.25, -0.2) is 0 Å². The SMILES string of the molecule is COc1c(C(CN)C(=O)O)cc(Cl)c(C)c1OC. The fourth-order valence-electron chi connectivity index (χ4n) is 1.80. The summed E-state index contributed by atoms with van der Waals surface area (Å²) in [5.74, 6) is -1.12. The van der Waals surface area contributed by atoms with Gasteiger partial charge in [0.15, 0.2) is 11.5 Å². The highest BCUT2D eigenvalue weighted by molar-refractivity contribution is 6.31. The average molecular weight is 274 g/mol. The van der Waals surface area contributed by atoms with Gasteiger partial charge in [0.1, 0.15) is 0 Å². The lowest BCUT2D eigenvalue weighted by Gasteiger charge is -2.19. The summed E-state index contributed by atoms with van der Waals surface area (Å²) in [6.07, 6.45) is 0. The third-order valence-corrected chi connectivity index (χ3v) is 3.16. The second-order valence-electron chi connectivity index (χ2n) is 3.77. The number of hydrogen-bond acceptors (Lipinski definition) is 4. The summed E-state index contributed by atoms with van der Waals surface area (Å²) in [6, 6.07) is 1.56. The van der Waals surface area contributed by atoms with Crippen molar-refractivity contribution in [1.82, 2.24) is 0 Å². The summed E-state index contributed by atoms with van der Waals surface area (Å²) in [7, 11) is 2.92. The lowest BCUT2D eigenvalue weighted by atomic mass is 9.96. The molecule has 0 saturated carbocycles. The van der Waals surface area contributed by atoms with Gasteiger partial charge < -0.3 is 20.3 Å². The third-order valence-electron chi connectivity index (χ3n) is 2.77. The molecule has 6 heteroatoms. The van der Waals surface area contributed by atoms with Crippen molar-refractivity contribution in [2.45, 2.75) is 12.8 Å². The number of halogens is 1. The van der Waals surface area contributed by atoms with Gasteiger partial charge in [-0.1, -0.05) is 11.6 Å². The van der Waals surface area contributed by atoms with E-state index in [1.165, 1.54) is 14.2 Å². The number of nitrogens with two attached hydrogens (primary N) is 1. The van der Waals surface area contributed by atoms with Crippen LogP contribution < -0.4 is 15.2 Å². The Balaban J connectivity index is 3.52. The first kappa shape index (κ1) is 14.6. The second kappa shape index (κ2) is 5.93. The van der Waals surface area contributed by atoms with E-state index in [0.29, 0.717) is 27.6 Å². The fraction of sp³-hybridized carbons (Fsp3) is 0.417. The molecule has 0 aromatic heterocycles. The number of benzene rings is 1. The molecule has 0 bridgehead atoms. The zero-order valence-corrected chi connectivity index (χ0v) is 11.2. The molecule has 0 radical (unpaired) electrons. The van der Waals surface area contributed by atoms with E-state index in [1.54, 1.807) is 13.0 Å². The average Bonchev–Trinajstić information content (AvgIpc) is 2.33. The van der Waals surface area contributed by atoms with Crippen LogP contribution in [0.4, 0.5) is 0 Å². The maximum Gasteiger partial charge on any atom is 0.312 e. The Bertz CT molecular complexity index is 462. The predicted molar refractivity (Wildman–Crippen MR) is 68.7 cm³/mol. The Kier molecular flexibility index (Phi) is 4.81. The van der Waals surface area contributed by atoms with E-state index in [2.05, 4.69) is 0 Å². The molecule has 0 heterocycles. The summed E-state index contributed by atoms with van der Waals surface area (Å²) in [5.41, 5.74) is 6.60. The van der Waals surface area contributed by atoms with Gasteiger partial charge in [-0.05, 0) is 13.0 Å². The molecule has 0 saturated heterocycles. The topological polar surface area (TPSA) is 81.8 Å². The number of rotatable bonds is 5. The molecule has 0 spiro atoms. The lowest BCUT2D eigenvalue weighted by molar-refractivity contribution is -0.138. The number of aliphatic carboxylic acids is 1. The van der Waals surface area contributed by atoms with Crippen LogP contribution in [0.15, 0.2) is 6.07 Å². The molecule has 1 unspecified atom stereocenters. The van der Waals surface area contributed by atoms with E-state index in [0.717, 1.165) is 0 Å². The van der Waals surface area contributed by atoms with Crippen LogP contribution in [-0.2, 0) is 4.79 Å². The summed E-state index contributed by atoms with van der Waals surface area (Å²) in [5, 5.41) is 9.57. The van der Waals surface area contributed by atoms with Gasteiger partial charge in [0.25, 0.3) is 0 Å².